The molecule has 3 aliphatic rings. The quantitative estimate of drug-likeness (QED) is 0.803. The van der Waals surface area contributed by atoms with E-state index >= 15 is 0 Å². The van der Waals surface area contributed by atoms with Crippen molar-refractivity contribution in [3.8, 4) is 0 Å². The Hall–Kier alpha value is -0.570. The summed E-state index contributed by atoms with van der Waals surface area (Å²) in [6, 6.07) is 0.465. The van der Waals surface area contributed by atoms with E-state index in [-0.39, 0.29) is 5.92 Å². The number of hydrogen-bond acceptors (Lipinski definition) is 2. The van der Waals surface area contributed by atoms with Gasteiger partial charge in [-0.05, 0) is 50.1 Å². The van der Waals surface area contributed by atoms with Crippen LogP contribution in [0.3, 0.4) is 0 Å². The molecule has 0 aromatic rings. The maximum absolute atomic E-state index is 12.2. The molecule has 2 saturated carbocycles. The molecule has 3 rings (SSSR count). The lowest BCUT2D eigenvalue weighted by Crippen LogP contribution is -2.51. The van der Waals surface area contributed by atoms with Crippen LogP contribution in [0.15, 0.2) is 0 Å². The largest absolute Gasteiger partial charge is 0.353 e. The Morgan fingerprint density at radius 2 is 1.94 bits per heavy atom. The second-order valence-corrected chi connectivity index (χ2v) is 6.68. The second-order valence-electron chi connectivity index (χ2n) is 6.68. The van der Waals surface area contributed by atoms with Crippen LogP contribution in [0.4, 0.5) is 0 Å². The molecule has 3 nitrogen and oxygen atoms in total. The molecule has 0 radical (unpaired) electrons. The average molecular weight is 250 g/mol. The van der Waals surface area contributed by atoms with Crippen molar-refractivity contribution in [2.45, 2.75) is 51.5 Å². The van der Waals surface area contributed by atoms with Gasteiger partial charge < -0.3 is 10.6 Å². The van der Waals surface area contributed by atoms with E-state index in [0.29, 0.717) is 17.9 Å². The van der Waals surface area contributed by atoms with Gasteiger partial charge >= 0.3 is 0 Å². The standard InChI is InChI=1S/C15H26N2O/c1-10(13-8-16-9-13)15(18)17-14-6-5-11-3-2-4-12(11)7-14/h10-14,16H,2-9H2,1H3,(H,17,18). The number of hydrogen-bond donors (Lipinski definition) is 2. The fourth-order valence-corrected chi connectivity index (χ4v) is 4.04. The highest BCUT2D eigenvalue weighted by Gasteiger charge is 2.35. The summed E-state index contributed by atoms with van der Waals surface area (Å²) in [5.41, 5.74) is 0. The van der Waals surface area contributed by atoms with Crippen LogP contribution < -0.4 is 10.6 Å². The third kappa shape index (κ3) is 2.42. The number of fused-ring (bicyclic) bond motifs is 1. The minimum absolute atomic E-state index is 0.188. The normalized spacial score (nSPS) is 37.7. The van der Waals surface area contributed by atoms with E-state index in [4.69, 9.17) is 0 Å². The molecule has 102 valence electrons. The first kappa shape index (κ1) is 12.5. The summed E-state index contributed by atoms with van der Waals surface area (Å²) in [5.74, 6) is 2.93. The van der Waals surface area contributed by atoms with Gasteiger partial charge in [-0.25, -0.2) is 0 Å². The molecule has 0 aromatic carbocycles. The van der Waals surface area contributed by atoms with E-state index < -0.39 is 0 Å². The van der Waals surface area contributed by atoms with Crippen LogP contribution in [0.5, 0.6) is 0 Å². The lowest BCUT2D eigenvalue weighted by atomic mass is 9.79. The van der Waals surface area contributed by atoms with Crippen molar-refractivity contribution < 1.29 is 4.79 Å². The lowest BCUT2D eigenvalue weighted by Gasteiger charge is -2.35. The zero-order valence-corrected chi connectivity index (χ0v) is 11.5. The zero-order valence-electron chi connectivity index (χ0n) is 11.5. The predicted octanol–water partition coefficient (Wildman–Crippen LogP) is 1.93. The summed E-state index contributed by atoms with van der Waals surface area (Å²) >= 11 is 0. The summed E-state index contributed by atoms with van der Waals surface area (Å²) in [5, 5.41) is 6.56. The molecule has 3 fully saturated rings. The highest BCUT2D eigenvalue weighted by atomic mass is 16.1. The SMILES string of the molecule is CC(C(=O)NC1CCC2CCCC2C1)C1CNC1. The third-order valence-corrected chi connectivity index (χ3v) is 5.57. The van der Waals surface area contributed by atoms with Crippen LogP contribution in [0, 0.1) is 23.7 Å². The van der Waals surface area contributed by atoms with Crippen molar-refractivity contribution in [3.63, 3.8) is 0 Å². The number of rotatable bonds is 3. The van der Waals surface area contributed by atoms with E-state index in [1.807, 2.05) is 0 Å². The topological polar surface area (TPSA) is 41.1 Å². The first-order valence-electron chi connectivity index (χ1n) is 7.75. The van der Waals surface area contributed by atoms with Gasteiger partial charge in [0, 0.05) is 12.0 Å². The molecule has 2 N–H and O–H groups in total. The molecule has 0 bridgehead atoms. The minimum atomic E-state index is 0.188. The Bertz CT molecular complexity index is 314. The molecule has 0 spiro atoms. The van der Waals surface area contributed by atoms with Crippen molar-refractivity contribution in [2.75, 3.05) is 13.1 Å². The predicted molar refractivity (Wildman–Crippen MR) is 72.1 cm³/mol. The first-order valence-corrected chi connectivity index (χ1v) is 7.75. The number of carbonyl (C=O) groups is 1. The van der Waals surface area contributed by atoms with Crippen molar-refractivity contribution in [1.29, 1.82) is 0 Å². The van der Waals surface area contributed by atoms with Crippen LogP contribution in [-0.2, 0) is 4.79 Å². The Labute approximate surface area is 110 Å². The summed E-state index contributed by atoms with van der Waals surface area (Å²) < 4.78 is 0. The first-order chi connectivity index (χ1) is 8.74. The van der Waals surface area contributed by atoms with Gasteiger partial charge in [0.2, 0.25) is 5.91 Å². The molecule has 4 unspecified atom stereocenters. The van der Waals surface area contributed by atoms with Gasteiger partial charge in [0.15, 0.2) is 0 Å². The Kier molecular flexibility index (Phi) is 3.60. The number of amides is 1. The highest BCUT2D eigenvalue weighted by molar-refractivity contribution is 5.79. The maximum atomic E-state index is 12.2. The van der Waals surface area contributed by atoms with Gasteiger partial charge in [-0.15, -0.1) is 0 Å². The van der Waals surface area contributed by atoms with E-state index in [1.54, 1.807) is 0 Å². The van der Waals surface area contributed by atoms with Crippen molar-refractivity contribution in [2.24, 2.45) is 23.7 Å². The molecular weight excluding hydrogens is 224 g/mol. The molecule has 1 aliphatic heterocycles. The molecule has 3 heteroatoms. The van der Waals surface area contributed by atoms with E-state index in [0.717, 1.165) is 24.9 Å². The number of nitrogens with one attached hydrogen (secondary N) is 2. The summed E-state index contributed by atoms with van der Waals surface area (Å²) in [4.78, 5) is 12.2. The van der Waals surface area contributed by atoms with Crippen LogP contribution in [-0.4, -0.2) is 25.0 Å². The van der Waals surface area contributed by atoms with Crippen LogP contribution in [0.1, 0.15) is 45.4 Å². The van der Waals surface area contributed by atoms with Gasteiger partial charge in [-0.3, -0.25) is 4.79 Å². The fraction of sp³-hybridized carbons (Fsp3) is 0.933. The Morgan fingerprint density at radius 3 is 2.67 bits per heavy atom. The highest BCUT2D eigenvalue weighted by Crippen LogP contribution is 2.42. The minimum Gasteiger partial charge on any atom is -0.353 e. The average Bonchev–Trinajstić information content (AvgIpc) is 2.73. The van der Waals surface area contributed by atoms with Crippen molar-refractivity contribution in [1.82, 2.24) is 10.6 Å². The van der Waals surface area contributed by atoms with Gasteiger partial charge in [0.1, 0.15) is 0 Å². The van der Waals surface area contributed by atoms with Crippen LogP contribution >= 0.6 is 0 Å². The van der Waals surface area contributed by atoms with E-state index in [9.17, 15) is 4.79 Å². The summed E-state index contributed by atoms with van der Waals surface area (Å²) in [6.45, 7) is 4.12. The molecule has 18 heavy (non-hydrogen) atoms. The molecule has 2 aliphatic carbocycles. The molecule has 1 heterocycles. The van der Waals surface area contributed by atoms with E-state index in [2.05, 4.69) is 17.6 Å². The molecule has 4 atom stereocenters. The third-order valence-electron chi connectivity index (χ3n) is 5.57. The van der Waals surface area contributed by atoms with Crippen molar-refractivity contribution >= 4 is 5.91 Å². The molecule has 1 saturated heterocycles. The monoisotopic (exact) mass is 250 g/mol. The van der Waals surface area contributed by atoms with Crippen LogP contribution in [0.2, 0.25) is 0 Å². The van der Waals surface area contributed by atoms with Crippen molar-refractivity contribution in [3.05, 3.63) is 0 Å². The Balaban J connectivity index is 1.48. The maximum Gasteiger partial charge on any atom is 0.223 e. The van der Waals surface area contributed by atoms with Gasteiger partial charge in [0.05, 0.1) is 0 Å². The molecule has 0 aromatic heterocycles. The fourth-order valence-electron chi connectivity index (χ4n) is 4.04. The van der Waals surface area contributed by atoms with Gasteiger partial charge in [-0.1, -0.05) is 26.2 Å². The van der Waals surface area contributed by atoms with E-state index in [1.165, 1.54) is 38.5 Å². The van der Waals surface area contributed by atoms with Crippen LogP contribution in [0.25, 0.3) is 0 Å². The molecule has 1 amide bonds. The van der Waals surface area contributed by atoms with Gasteiger partial charge in [-0.2, -0.15) is 0 Å². The molecular formula is C15H26N2O. The smallest absolute Gasteiger partial charge is 0.223 e. The Morgan fingerprint density at radius 1 is 1.17 bits per heavy atom. The summed E-state index contributed by atoms with van der Waals surface area (Å²) in [6.07, 6.45) is 8.05. The zero-order chi connectivity index (χ0) is 12.5. The van der Waals surface area contributed by atoms with Gasteiger partial charge in [0.25, 0.3) is 0 Å². The lowest BCUT2D eigenvalue weighted by molar-refractivity contribution is -0.127. The second kappa shape index (κ2) is 5.20. The number of carbonyl (C=O) groups excluding carboxylic acids is 1. The summed E-state index contributed by atoms with van der Waals surface area (Å²) in [7, 11) is 0.